The van der Waals surface area contributed by atoms with E-state index < -0.39 is 7.60 Å². The first-order valence-corrected chi connectivity index (χ1v) is 8.64. The van der Waals surface area contributed by atoms with E-state index in [0.29, 0.717) is 19.5 Å². The van der Waals surface area contributed by atoms with E-state index in [1.807, 2.05) is 13.8 Å². The molecule has 1 aliphatic heterocycles. The Labute approximate surface area is 115 Å². The predicted octanol–water partition coefficient (Wildman–Crippen LogP) is 2.92. The zero-order valence-electron chi connectivity index (χ0n) is 11.7. The number of aromatic nitrogens is 1. The summed E-state index contributed by atoms with van der Waals surface area (Å²) in [7, 11) is -2.98. The quantitative estimate of drug-likeness (QED) is 0.754. The summed E-state index contributed by atoms with van der Waals surface area (Å²) in [5.74, 6) is 0. The van der Waals surface area contributed by atoms with Crippen LogP contribution in [-0.2, 0) is 26.7 Å². The molecule has 0 spiro atoms. The topological polar surface area (TPSA) is 43.7 Å². The molecule has 1 aliphatic rings. The van der Waals surface area contributed by atoms with E-state index in [0.717, 1.165) is 26.1 Å². The van der Waals surface area contributed by atoms with Crippen LogP contribution >= 0.6 is 7.60 Å². The van der Waals surface area contributed by atoms with Crippen molar-refractivity contribution in [2.75, 3.05) is 26.0 Å². The second-order valence-corrected chi connectivity index (χ2v) is 6.71. The number of hydrogen-bond acceptors (Lipinski definition) is 4. The Morgan fingerprint density at radius 3 is 2.68 bits per heavy atom. The molecule has 1 aromatic rings. The monoisotopic (exact) mass is 286 g/mol. The van der Waals surface area contributed by atoms with E-state index in [1.54, 1.807) is 0 Å². The molecule has 0 bridgehead atoms. The molecule has 0 aromatic carbocycles. The number of fused-ring (bicyclic) bond motifs is 1. The van der Waals surface area contributed by atoms with Crippen molar-refractivity contribution in [3.05, 3.63) is 24.0 Å². The van der Waals surface area contributed by atoms with Gasteiger partial charge in [-0.25, -0.2) is 0 Å². The molecule has 0 saturated heterocycles. The highest BCUT2D eigenvalue weighted by Gasteiger charge is 2.28. The fourth-order valence-corrected chi connectivity index (χ4v) is 4.22. The molecular formula is C13H23N2O3P. The third-order valence-corrected chi connectivity index (χ3v) is 5.26. The molecule has 0 radical (unpaired) electrons. The van der Waals surface area contributed by atoms with Gasteiger partial charge in [0.25, 0.3) is 0 Å². The maximum atomic E-state index is 12.6. The maximum Gasteiger partial charge on any atom is 0.344 e. The lowest BCUT2D eigenvalue weighted by Crippen LogP contribution is -2.25. The molecule has 2 rings (SSSR count). The molecule has 108 valence electrons. The molecule has 19 heavy (non-hydrogen) atoms. The Morgan fingerprint density at radius 1 is 1.26 bits per heavy atom. The van der Waals surface area contributed by atoms with Crippen LogP contribution in [0.15, 0.2) is 18.3 Å². The Balaban J connectivity index is 2.03. The largest absolute Gasteiger partial charge is 0.350 e. The van der Waals surface area contributed by atoms with Crippen molar-refractivity contribution in [3.8, 4) is 0 Å². The summed E-state index contributed by atoms with van der Waals surface area (Å²) >= 11 is 0. The van der Waals surface area contributed by atoms with Gasteiger partial charge in [-0.3, -0.25) is 9.46 Å². The SMILES string of the molecule is CCOP(=O)(CN1CCCn2cccc2C1)OCC. The third-order valence-electron chi connectivity index (χ3n) is 3.21. The highest BCUT2D eigenvalue weighted by Crippen LogP contribution is 2.48. The Morgan fingerprint density at radius 2 is 2.00 bits per heavy atom. The van der Waals surface area contributed by atoms with Crippen LogP contribution in [0.5, 0.6) is 0 Å². The molecule has 0 unspecified atom stereocenters. The van der Waals surface area contributed by atoms with E-state index >= 15 is 0 Å². The van der Waals surface area contributed by atoms with Crippen LogP contribution in [0.1, 0.15) is 26.0 Å². The van der Waals surface area contributed by atoms with Crippen molar-refractivity contribution in [2.45, 2.75) is 33.4 Å². The van der Waals surface area contributed by atoms with Gasteiger partial charge in [0, 0.05) is 31.5 Å². The fraction of sp³-hybridized carbons (Fsp3) is 0.692. The van der Waals surface area contributed by atoms with Crippen LogP contribution in [0, 0.1) is 0 Å². The summed E-state index contributed by atoms with van der Waals surface area (Å²) in [5.41, 5.74) is 1.26. The zero-order chi connectivity index (χ0) is 13.7. The summed E-state index contributed by atoms with van der Waals surface area (Å²) < 4.78 is 25.5. The average Bonchev–Trinajstić information content (AvgIpc) is 2.69. The normalized spacial score (nSPS) is 17.2. The summed E-state index contributed by atoms with van der Waals surface area (Å²) in [4.78, 5) is 2.17. The Kier molecular flexibility index (Phi) is 5.22. The van der Waals surface area contributed by atoms with Gasteiger partial charge in [-0.05, 0) is 32.4 Å². The average molecular weight is 286 g/mol. The van der Waals surface area contributed by atoms with Crippen LogP contribution in [0.2, 0.25) is 0 Å². The molecule has 0 aliphatic carbocycles. The number of aryl methyl sites for hydroxylation is 1. The minimum atomic E-state index is -2.98. The van der Waals surface area contributed by atoms with Gasteiger partial charge in [-0.1, -0.05) is 0 Å². The number of rotatable bonds is 6. The van der Waals surface area contributed by atoms with Gasteiger partial charge in [0.1, 0.15) is 6.29 Å². The zero-order valence-corrected chi connectivity index (χ0v) is 12.6. The Hall–Kier alpha value is -0.610. The second kappa shape index (κ2) is 6.71. The van der Waals surface area contributed by atoms with E-state index in [-0.39, 0.29) is 0 Å². The second-order valence-electron chi connectivity index (χ2n) is 4.69. The minimum Gasteiger partial charge on any atom is -0.350 e. The fourth-order valence-electron chi connectivity index (χ4n) is 2.46. The first kappa shape index (κ1) is 14.8. The van der Waals surface area contributed by atoms with Crippen LogP contribution in [0.25, 0.3) is 0 Å². The molecule has 1 aromatic heterocycles. The van der Waals surface area contributed by atoms with Gasteiger partial charge < -0.3 is 13.6 Å². The first-order valence-electron chi connectivity index (χ1n) is 6.91. The van der Waals surface area contributed by atoms with Crippen molar-refractivity contribution in [1.82, 2.24) is 9.47 Å². The van der Waals surface area contributed by atoms with Gasteiger partial charge in [0.05, 0.1) is 13.2 Å². The molecule has 2 heterocycles. The van der Waals surface area contributed by atoms with Crippen LogP contribution < -0.4 is 0 Å². The molecule has 0 fully saturated rings. The van der Waals surface area contributed by atoms with E-state index in [2.05, 4.69) is 27.8 Å². The lowest BCUT2D eigenvalue weighted by atomic mass is 10.4. The Bertz CT molecular complexity index is 437. The van der Waals surface area contributed by atoms with Gasteiger partial charge in [0.15, 0.2) is 0 Å². The van der Waals surface area contributed by atoms with E-state index in [9.17, 15) is 4.57 Å². The predicted molar refractivity (Wildman–Crippen MR) is 75.2 cm³/mol. The van der Waals surface area contributed by atoms with E-state index in [1.165, 1.54) is 5.69 Å². The third kappa shape index (κ3) is 3.93. The van der Waals surface area contributed by atoms with Crippen LogP contribution in [0.4, 0.5) is 0 Å². The minimum absolute atomic E-state index is 0.375. The van der Waals surface area contributed by atoms with Gasteiger partial charge in [-0.2, -0.15) is 0 Å². The van der Waals surface area contributed by atoms with Crippen LogP contribution in [-0.4, -0.2) is 35.5 Å². The van der Waals surface area contributed by atoms with Gasteiger partial charge >= 0.3 is 7.60 Å². The molecule has 0 amide bonds. The summed E-state index contributed by atoms with van der Waals surface area (Å²) in [6.45, 7) is 7.27. The molecule has 6 heteroatoms. The van der Waals surface area contributed by atoms with Crippen molar-refractivity contribution in [2.24, 2.45) is 0 Å². The number of hydrogen-bond donors (Lipinski definition) is 0. The standard InChI is InChI=1S/C13H23N2O3P/c1-3-17-19(16,18-4-2)12-14-8-6-10-15-9-5-7-13(15)11-14/h5,7,9H,3-4,6,8,10-12H2,1-2H3. The molecule has 0 N–H and O–H groups in total. The van der Waals surface area contributed by atoms with Gasteiger partial charge in [-0.15, -0.1) is 0 Å². The van der Waals surface area contributed by atoms with E-state index in [4.69, 9.17) is 9.05 Å². The summed E-state index contributed by atoms with van der Waals surface area (Å²) in [5, 5.41) is 0. The maximum absolute atomic E-state index is 12.6. The summed E-state index contributed by atoms with van der Waals surface area (Å²) in [6.07, 6.45) is 3.53. The van der Waals surface area contributed by atoms with Crippen molar-refractivity contribution in [1.29, 1.82) is 0 Å². The molecule has 0 atom stereocenters. The molecule has 0 saturated carbocycles. The number of nitrogens with zero attached hydrogens (tertiary/aromatic N) is 2. The first-order chi connectivity index (χ1) is 9.17. The highest BCUT2D eigenvalue weighted by molar-refractivity contribution is 7.53. The highest BCUT2D eigenvalue weighted by atomic mass is 31.2. The van der Waals surface area contributed by atoms with Crippen LogP contribution in [0.3, 0.4) is 0 Å². The molecular weight excluding hydrogens is 263 g/mol. The smallest absolute Gasteiger partial charge is 0.344 e. The van der Waals surface area contributed by atoms with Gasteiger partial charge in [0.2, 0.25) is 0 Å². The van der Waals surface area contributed by atoms with Crippen molar-refractivity contribution >= 4 is 7.60 Å². The summed E-state index contributed by atoms with van der Waals surface area (Å²) in [6, 6.07) is 4.17. The lowest BCUT2D eigenvalue weighted by molar-refractivity contribution is 0.194. The lowest BCUT2D eigenvalue weighted by Gasteiger charge is -2.25. The van der Waals surface area contributed by atoms with Crippen molar-refractivity contribution in [3.63, 3.8) is 0 Å². The van der Waals surface area contributed by atoms with Crippen molar-refractivity contribution < 1.29 is 13.6 Å². The molecule has 5 nitrogen and oxygen atoms in total.